The van der Waals surface area contributed by atoms with E-state index in [1.165, 1.54) is 12.7 Å². The van der Waals surface area contributed by atoms with Crippen LogP contribution in [0, 0.1) is 12.8 Å². The summed E-state index contributed by atoms with van der Waals surface area (Å²) in [7, 11) is 0. The lowest BCUT2D eigenvalue weighted by atomic mass is 9.97. The predicted octanol–water partition coefficient (Wildman–Crippen LogP) is 2.87. The van der Waals surface area contributed by atoms with E-state index in [0.29, 0.717) is 17.4 Å². The van der Waals surface area contributed by atoms with Crippen LogP contribution in [0.1, 0.15) is 18.4 Å². The zero-order valence-electron chi connectivity index (χ0n) is 15.4. The fourth-order valence-corrected chi connectivity index (χ4v) is 3.59. The Morgan fingerprint density at radius 2 is 2.07 bits per heavy atom. The molecule has 2 aromatic heterocycles. The number of anilines is 2. The minimum Gasteiger partial charge on any atom is -0.356 e. The molecule has 8 nitrogen and oxygen atoms in total. The third-order valence-electron chi connectivity index (χ3n) is 4.85. The van der Waals surface area contributed by atoms with E-state index in [-0.39, 0.29) is 11.8 Å². The number of amides is 1. The van der Waals surface area contributed by atoms with Crippen molar-refractivity contribution in [3.05, 3.63) is 53.8 Å². The van der Waals surface area contributed by atoms with E-state index in [9.17, 15) is 4.79 Å². The van der Waals surface area contributed by atoms with Gasteiger partial charge in [0.25, 0.3) is 0 Å². The van der Waals surface area contributed by atoms with Crippen LogP contribution in [0.3, 0.4) is 0 Å². The van der Waals surface area contributed by atoms with Crippen LogP contribution >= 0.6 is 11.6 Å². The van der Waals surface area contributed by atoms with Crippen molar-refractivity contribution in [2.45, 2.75) is 19.8 Å². The first-order valence-corrected chi connectivity index (χ1v) is 9.47. The Morgan fingerprint density at radius 1 is 1.21 bits per heavy atom. The van der Waals surface area contributed by atoms with Crippen molar-refractivity contribution in [2.75, 3.05) is 23.3 Å². The van der Waals surface area contributed by atoms with Crippen LogP contribution in [0.2, 0.25) is 5.02 Å². The maximum Gasteiger partial charge on any atom is 0.229 e. The molecule has 1 fully saturated rings. The smallest absolute Gasteiger partial charge is 0.229 e. The topological polar surface area (TPSA) is 88.8 Å². The summed E-state index contributed by atoms with van der Waals surface area (Å²) in [6.07, 6.45) is 6.32. The number of hydrogen-bond donors (Lipinski definition) is 1. The number of hydrogen-bond acceptors (Lipinski definition) is 6. The number of nitrogens with one attached hydrogen (secondary N) is 1. The summed E-state index contributed by atoms with van der Waals surface area (Å²) < 4.78 is 1.59. The fourth-order valence-electron chi connectivity index (χ4n) is 3.36. The fraction of sp³-hybridized carbons (Fsp3) is 0.316. The van der Waals surface area contributed by atoms with Crippen LogP contribution in [-0.4, -0.2) is 43.7 Å². The van der Waals surface area contributed by atoms with Crippen LogP contribution in [0.4, 0.5) is 11.5 Å². The van der Waals surface area contributed by atoms with Crippen molar-refractivity contribution in [1.82, 2.24) is 24.7 Å². The van der Waals surface area contributed by atoms with E-state index in [1.807, 2.05) is 25.1 Å². The highest BCUT2D eigenvalue weighted by Crippen LogP contribution is 2.25. The molecule has 0 radical (unpaired) electrons. The number of aryl methyl sites for hydroxylation is 1. The molecule has 0 aliphatic carbocycles. The van der Waals surface area contributed by atoms with E-state index in [0.717, 1.165) is 36.5 Å². The molecule has 3 aromatic rings. The van der Waals surface area contributed by atoms with E-state index in [1.54, 1.807) is 17.1 Å². The van der Waals surface area contributed by atoms with Crippen LogP contribution in [-0.2, 0) is 4.79 Å². The minimum atomic E-state index is -0.117. The number of aromatic nitrogens is 5. The van der Waals surface area contributed by atoms with Crippen molar-refractivity contribution < 1.29 is 4.79 Å². The average Bonchev–Trinajstić information content (AvgIpc) is 3.25. The van der Waals surface area contributed by atoms with Gasteiger partial charge in [-0.2, -0.15) is 5.10 Å². The summed E-state index contributed by atoms with van der Waals surface area (Å²) in [4.78, 5) is 27.5. The van der Waals surface area contributed by atoms with E-state index >= 15 is 0 Å². The highest BCUT2D eigenvalue weighted by molar-refractivity contribution is 6.30. The Morgan fingerprint density at radius 3 is 2.86 bits per heavy atom. The monoisotopic (exact) mass is 397 g/mol. The van der Waals surface area contributed by atoms with Gasteiger partial charge in [0.15, 0.2) is 5.82 Å². The third-order valence-corrected chi connectivity index (χ3v) is 5.09. The van der Waals surface area contributed by atoms with Gasteiger partial charge in [-0.05, 0) is 43.5 Å². The van der Waals surface area contributed by atoms with Crippen molar-refractivity contribution in [1.29, 1.82) is 0 Å². The van der Waals surface area contributed by atoms with Gasteiger partial charge < -0.3 is 10.2 Å². The molecule has 1 atom stereocenters. The number of nitrogens with zero attached hydrogens (tertiary/aromatic N) is 6. The maximum absolute atomic E-state index is 12.8. The second kappa shape index (κ2) is 7.93. The SMILES string of the molecule is Cc1cc(Cl)ccc1NC(=O)C1CCCN(c2cc(-n3cncn3)ncn2)C1. The predicted molar refractivity (Wildman–Crippen MR) is 107 cm³/mol. The Labute approximate surface area is 167 Å². The van der Waals surface area contributed by atoms with Crippen LogP contribution < -0.4 is 10.2 Å². The zero-order chi connectivity index (χ0) is 19.5. The lowest BCUT2D eigenvalue weighted by Crippen LogP contribution is -2.41. The molecule has 1 unspecified atom stereocenters. The normalized spacial score (nSPS) is 16.8. The highest BCUT2D eigenvalue weighted by atomic mass is 35.5. The number of carbonyl (C=O) groups is 1. The first-order valence-electron chi connectivity index (χ1n) is 9.09. The minimum absolute atomic E-state index is 0.0145. The standard InChI is InChI=1S/C19H20ClN7O/c1-13-7-15(20)4-5-16(13)25-19(28)14-3-2-6-26(9-14)17-8-18(23-11-22-17)27-12-21-10-24-27/h4-5,7-8,10-12,14H,2-3,6,9H2,1H3,(H,25,28). The van der Waals surface area contributed by atoms with Crippen LogP contribution in [0.15, 0.2) is 43.2 Å². The van der Waals surface area contributed by atoms with Crippen molar-refractivity contribution in [3.63, 3.8) is 0 Å². The molecule has 1 N–H and O–H groups in total. The van der Waals surface area contributed by atoms with Gasteiger partial charge >= 0.3 is 0 Å². The molecule has 1 aromatic carbocycles. The molecule has 1 saturated heterocycles. The Hall–Kier alpha value is -3.00. The van der Waals surface area contributed by atoms with Gasteiger partial charge in [0, 0.05) is 29.9 Å². The number of rotatable bonds is 4. The molecule has 28 heavy (non-hydrogen) atoms. The molecular formula is C19H20ClN7O. The Kier molecular flexibility index (Phi) is 5.21. The number of benzene rings is 1. The molecule has 1 aliphatic heterocycles. The summed E-state index contributed by atoms with van der Waals surface area (Å²) >= 11 is 6.00. The molecule has 1 aliphatic rings. The maximum atomic E-state index is 12.8. The summed E-state index contributed by atoms with van der Waals surface area (Å²) in [5.41, 5.74) is 1.74. The van der Waals surface area contributed by atoms with Gasteiger partial charge in [-0.1, -0.05) is 11.6 Å². The van der Waals surface area contributed by atoms with E-state index in [4.69, 9.17) is 11.6 Å². The average molecular weight is 398 g/mol. The Balaban J connectivity index is 1.47. The molecule has 4 rings (SSSR count). The number of piperidine rings is 1. The molecule has 3 heterocycles. The van der Waals surface area contributed by atoms with Gasteiger partial charge in [0.05, 0.1) is 5.92 Å². The number of halogens is 1. The molecule has 0 bridgehead atoms. The number of carbonyl (C=O) groups excluding carboxylic acids is 1. The van der Waals surface area contributed by atoms with Crippen LogP contribution in [0.5, 0.6) is 0 Å². The van der Waals surface area contributed by atoms with Gasteiger partial charge in [0.1, 0.15) is 24.8 Å². The van der Waals surface area contributed by atoms with E-state index in [2.05, 4.69) is 30.3 Å². The zero-order valence-corrected chi connectivity index (χ0v) is 16.2. The van der Waals surface area contributed by atoms with Crippen molar-refractivity contribution in [2.24, 2.45) is 5.92 Å². The van der Waals surface area contributed by atoms with Gasteiger partial charge in [0.2, 0.25) is 5.91 Å². The lowest BCUT2D eigenvalue weighted by molar-refractivity contribution is -0.120. The summed E-state index contributed by atoms with van der Waals surface area (Å²) in [6, 6.07) is 7.32. The van der Waals surface area contributed by atoms with Gasteiger partial charge in [-0.3, -0.25) is 4.79 Å². The highest BCUT2D eigenvalue weighted by Gasteiger charge is 2.27. The van der Waals surface area contributed by atoms with Gasteiger partial charge in [-0.15, -0.1) is 0 Å². The van der Waals surface area contributed by atoms with Crippen LogP contribution in [0.25, 0.3) is 5.82 Å². The van der Waals surface area contributed by atoms with Gasteiger partial charge in [-0.25, -0.2) is 19.6 Å². The molecule has 0 spiro atoms. The molecule has 1 amide bonds. The second-order valence-corrected chi connectivity index (χ2v) is 7.24. The van der Waals surface area contributed by atoms with E-state index < -0.39 is 0 Å². The summed E-state index contributed by atoms with van der Waals surface area (Å²) in [6.45, 7) is 3.38. The quantitative estimate of drug-likeness (QED) is 0.728. The molecular weight excluding hydrogens is 378 g/mol. The summed E-state index contributed by atoms with van der Waals surface area (Å²) in [5.74, 6) is 1.32. The lowest BCUT2D eigenvalue weighted by Gasteiger charge is -2.33. The largest absolute Gasteiger partial charge is 0.356 e. The Bertz CT molecular complexity index is 976. The van der Waals surface area contributed by atoms with Crippen molar-refractivity contribution >= 4 is 29.0 Å². The molecule has 9 heteroatoms. The first-order chi connectivity index (χ1) is 13.6. The summed E-state index contributed by atoms with van der Waals surface area (Å²) in [5, 5.41) is 7.79. The first kappa shape index (κ1) is 18.4. The molecule has 144 valence electrons. The molecule has 0 saturated carbocycles. The third kappa shape index (κ3) is 3.96. The van der Waals surface area contributed by atoms with Crippen molar-refractivity contribution in [3.8, 4) is 5.82 Å². The second-order valence-electron chi connectivity index (χ2n) is 6.81.